The van der Waals surface area contributed by atoms with E-state index in [1.54, 1.807) is 0 Å². The Morgan fingerprint density at radius 2 is 2.11 bits per heavy atom. The van der Waals surface area contributed by atoms with Crippen LogP contribution in [0.1, 0.15) is 5.56 Å². The van der Waals surface area contributed by atoms with Crippen molar-refractivity contribution in [2.75, 3.05) is 6.26 Å². The molecule has 1 aromatic heterocycles. The van der Waals surface area contributed by atoms with Gasteiger partial charge in [-0.15, -0.1) is 17.7 Å². The quantitative estimate of drug-likeness (QED) is 0.517. The van der Waals surface area contributed by atoms with Gasteiger partial charge in [0.25, 0.3) is 0 Å². The largest absolute Gasteiger partial charge is 0.284 e. The van der Waals surface area contributed by atoms with Gasteiger partial charge in [0.1, 0.15) is 0 Å². The zero-order valence-corrected chi connectivity index (χ0v) is 12.2. The number of nitrogens with one attached hydrogen (secondary N) is 1. The molecule has 0 saturated carbocycles. The molecule has 2 rings (SSSR count). The van der Waals surface area contributed by atoms with Gasteiger partial charge in [-0.1, -0.05) is 54.3 Å². The molecule has 0 fully saturated rings. The molecule has 2 aromatic rings. The zero-order valence-electron chi connectivity index (χ0n) is 9.70. The molecule has 1 N–H and O–H groups in total. The van der Waals surface area contributed by atoms with Crippen molar-refractivity contribution in [1.82, 2.24) is 14.3 Å². The topological polar surface area (TPSA) is 46.6 Å². The van der Waals surface area contributed by atoms with Gasteiger partial charge in [0, 0.05) is 0 Å². The molecule has 1 aromatic carbocycles. The van der Waals surface area contributed by atoms with Crippen molar-refractivity contribution in [2.45, 2.75) is 11.7 Å². The third-order valence-electron chi connectivity index (χ3n) is 2.42. The number of aromatic nitrogens is 3. The molecule has 4 nitrogen and oxygen atoms in total. The van der Waals surface area contributed by atoms with E-state index in [0.717, 1.165) is 10.7 Å². The van der Waals surface area contributed by atoms with Crippen LogP contribution in [0.2, 0.25) is 0 Å². The van der Waals surface area contributed by atoms with Crippen LogP contribution in [0.3, 0.4) is 0 Å². The Labute approximate surface area is 120 Å². The molecule has 1 heterocycles. The van der Waals surface area contributed by atoms with Crippen LogP contribution in [-0.2, 0) is 6.54 Å². The number of thiol groups is 1. The van der Waals surface area contributed by atoms with Crippen molar-refractivity contribution >= 4 is 40.9 Å². The number of benzene rings is 1. The second kappa shape index (κ2) is 5.73. The average molecular weight is 296 g/mol. The highest BCUT2D eigenvalue weighted by Gasteiger charge is 2.11. The summed E-state index contributed by atoms with van der Waals surface area (Å²) in [4.78, 5) is 0. The molecule has 0 atom stereocenters. The van der Waals surface area contributed by atoms with E-state index in [1.165, 1.54) is 16.4 Å². The minimum absolute atomic E-state index is 0.239. The fourth-order valence-electron chi connectivity index (χ4n) is 1.58. The van der Waals surface area contributed by atoms with E-state index >= 15 is 0 Å². The number of rotatable bonds is 3. The maximum atomic E-state index is 8.06. The first-order chi connectivity index (χ1) is 8.63. The molecule has 0 spiro atoms. The van der Waals surface area contributed by atoms with Gasteiger partial charge in [-0.3, -0.25) is 9.98 Å². The Morgan fingerprint density at radius 1 is 1.44 bits per heavy atom. The van der Waals surface area contributed by atoms with Crippen LogP contribution in [0, 0.1) is 5.41 Å². The molecule has 0 aliphatic heterocycles. The SMILES string of the molecule is CSc1nn(C(=S)S)c(=N)n1Cc1ccccc1. The summed E-state index contributed by atoms with van der Waals surface area (Å²) in [5.74, 6) is 0. The average Bonchev–Trinajstić information content (AvgIpc) is 2.68. The van der Waals surface area contributed by atoms with E-state index in [0.29, 0.717) is 6.54 Å². The number of nitrogens with zero attached hydrogens (tertiary/aromatic N) is 3. The van der Waals surface area contributed by atoms with E-state index in [4.69, 9.17) is 17.6 Å². The van der Waals surface area contributed by atoms with Gasteiger partial charge >= 0.3 is 0 Å². The highest BCUT2D eigenvalue weighted by Crippen LogP contribution is 2.11. The van der Waals surface area contributed by atoms with Gasteiger partial charge in [0.2, 0.25) is 5.62 Å². The number of thiocarbonyl (C=S) groups is 1. The fourth-order valence-corrected chi connectivity index (χ4v) is 2.39. The van der Waals surface area contributed by atoms with Crippen molar-refractivity contribution in [3.05, 3.63) is 41.5 Å². The molecule has 0 unspecified atom stereocenters. The Kier molecular flexibility index (Phi) is 4.26. The summed E-state index contributed by atoms with van der Waals surface area (Å²) < 4.78 is 3.44. The van der Waals surface area contributed by atoms with Crippen molar-refractivity contribution in [3.63, 3.8) is 0 Å². The summed E-state index contributed by atoms with van der Waals surface area (Å²) in [6.07, 6.45) is 1.93. The molecule has 18 heavy (non-hydrogen) atoms. The van der Waals surface area contributed by atoms with Gasteiger partial charge in [0.15, 0.2) is 9.48 Å². The summed E-state index contributed by atoms with van der Waals surface area (Å²) in [6.45, 7) is 0.603. The number of hydrogen-bond donors (Lipinski definition) is 2. The van der Waals surface area contributed by atoms with Crippen molar-refractivity contribution < 1.29 is 0 Å². The summed E-state index contributed by atoms with van der Waals surface area (Å²) in [6, 6.07) is 9.97. The summed E-state index contributed by atoms with van der Waals surface area (Å²) >= 11 is 10.5. The third kappa shape index (κ3) is 2.68. The van der Waals surface area contributed by atoms with Crippen LogP contribution in [0.4, 0.5) is 0 Å². The zero-order chi connectivity index (χ0) is 13.1. The Bertz CT molecular complexity index is 615. The normalized spacial score (nSPS) is 10.6. The summed E-state index contributed by atoms with van der Waals surface area (Å²) in [5.41, 5.74) is 1.36. The number of hydrogen-bond acceptors (Lipinski definition) is 4. The van der Waals surface area contributed by atoms with Crippen molar-refractivity contribution in [2.24, 2.45) is 0 Å². The van der Waals surface area contributed by atoms with Crippen LogP contribution in [0.5, 0.6) is 0 Å². The Hall–Kier alpha value is -1.05. The van der Waals surface area contributed by atoms with Crippen LogP contribution in [0.15, 0.2) is 35.5 Å². The predicted molar refractivity (Wildman–Crippen MR) is 80.4 cm³/mol. The van der Waals surface area contributed by atoms with Gasteiger partial charge in [-0.25, -0.2) is 0 Å². The lowest BCUT2D eigenvalue weighted by Gasteiger charge is -2.04. The maximum Gasteiger partial charge on any atom is 0.227 e. The lowest BCUT2D eigenvalue weighted by Crippen LogP contribution is -2.27. The third-order valence-corrected chi connectivity index (χ3v) is 3.45. The van der Waals surface area contributed by atoms with E-state index in [1.807, 2.05) is 41.2 Å². The van der Waals surface area contributed by atoms with Crippen LogP contribution in [-0.4, -0.2) is 24.9 Å². The van der Waals surface area contributed by atoms with Gasteiger partial charge in [-0.2, -0.15) is 4.68 Å². The van der Waals surface area contributed by atoms with E-state index in [9.17, 15) is 0 Å². The minimum atomic E-state index is 0.239. The molecular weight excluding hydrogens is 284 g/mol. The minimum Gasteiger partial charge on any atom is -0.284 e. The van der Waals surface area contributed by atoms with E-state index in [-0.39, 0.29) is 9.94 Å². The monoisotopic (exact) mass is 296 g/mol. The van der Waals surface area contributed by atoms with Gasteiger partial charge in [0.05, 0.1) is 6.54 Å². The first-order valence-electron chi connectivity index (χ1n) is 5.19. The van der Waals surface area contributed by atoms with Crippen molar-refractivity contribution in [3.8, 4) is 0 Å². The lowest BCUT2D eigenvalue weighted by molar-refractivity contribution is 0.665. The van der Waals surface area contributed by atoms with E-state index in [2.05, 4.69) is 17.7 Å². The van der Waals surface area contributed by atoms with Crippen LogP contribution in [0.25, 0.3) is 0 Å². The van der Waals surface area contributed by atoms with Gasteiger partial charge < -0.3 is 0 Å². The van der Waals surface area contributed by atoms with Crippen LogP contribution < -0.4 is 5.62 Å². The molecule has 0 bridgehead atoms. The highest BCUT2D eigenvalue weighted by molar-refractivity contribution is 8.11. The first kappa shape index (κ1) is 13.4. The van der Waals surface area contributed by atoms with E-state index < -0.39 is 0 Å². The second-order valence-electron chi connectivity index (χ2n) is 3.58. The molecule has 0 radical (unpaired) electrons. The molecule has 94 valence electrons. The Morgan fingerprint density at radius 3 is 2.67 bits per heavy atom. The standard InChI is InChI=1S/C11H12N4S3/c1-18-10-13-15(11(16)17)9(12)14(10)7-8-5-3-2-4-6-8/h2-6,12H,7H2,1H3,(H,16,17). The van der Waals surface area contributed by atoms with Crippen molar-refractivity contribution in [1.29, 1.82) is 5.41 Å². The first-order valence-corrected chi connectivity index (χ1v) is 7.27. The van der Waals surface area contributed by atoms with Crippen LogP contribution >= 0.6 is 36.6 Å². The molecule has 0 saturated heterocycles. The molecule has 0 aliphatic carbocycles. The van der Waals surface area contributed by atoms with Gasteiger partial charge in [-0.05, 0) is 11.8 Å². The Balaban J connectivity index is 2.44. The molecular formula is C11H12N4S3. The molecule has 0 amide bonds. The molecule has 0 aliphatic rings. The summed E-state index contributed by atoms with van der Waals surface area (Å²) in [5, 5.41) is 13.1. The molecule has 7 heteroatoms. The smallest absolute Gasteiger partial charge is 0.227 e. The maximum absolute atomic E-state index is 8.06. The highest BCUT2D eigenvalue weighted by atomic mass is 32.2. The second-order valence-corrected chi connectivity index (χ2v) is 5.46. The lowest BCUT2D eigenvalue weighted by atomic mass is 10.2. The number of thioether (sulfide) groups is 1. The summed E-state index contributed by atoms with van der Waals surface area (Å²) in [7, 11) is 0. The fraction of sp³-hybridized carbons (Fsp3) is 0.182. The predicted octanol–water partition coefficient (Wildman–Crippen LogP) is 2.00.